The van der Waals surface area contributed by atoms with Crippen molar-refractivity contribution in [2.24, 2.45) is 4.99 Å². The van der Waals surface area contributed by atoms with Gasteiger partial charge in [0.25, 0.3) is 0 Å². The summed E-state index contributed by atoms with van der Waals surface area (Å²) < 4.78 is 11.3. The van der Waals surface area contributed by atoms with Gasteiger partial charge >= 0.3 is 11.9 Å². The zero-order chi connectivity index (χ0) is 25.6. The highest BCUT2D eigenvalue weighted by Gasteiger charge is 2.42. The van der Waals surface area contributed by atoms with Gasteiger partial charge < -0.3 is 9.47 Å². The zero-order valence-corrected chi connectivity index (χ0v) is 21.8. The monoisotopic (exact) mass is 473 g/mol. The van der Waals surface area contributed by atoms with Gasteiger partial charge in [0.1, 0.15) is 11.5 Å². The minimum absolute atomic E-state index is 0.0453. The molecule has 1 heterocycles. The molecule has 0 amide bonds. The van der Waals surface area contributed by atoms with E-state index in [1.807, 2.05) is 70.2 Å². The van der Waals surface area contributed by atoms with Crippen LogP contribution in [0, 0.1) is 0 Å². The van der Waals surface area contributed by atoms with E-state index in [9.17, 15) is 9.59 Å². The Labute approximate surface area is 208 Å². The normalized spacial score (nSPS) is 21.8. The highest BCUT2D eigenvalue weighted by Crippen LogP contribution is 2.41. The Morgan fingerprint density at radius 3 is 2.31 bits per heavy atom. The smallest absolute Gasteiger partial charge is 0.340 e. The molecule has 2 aromatic rings. The number of nitrogens with zero attached hydrogens (tertiary/aromatic N) is 1. The molecule has 0 fully saturated rings. The summed E-state index contributed by atoms with van der Waals surface area (Å²) in [5.74, 6) is -0.678. The molecule has 0 saturated carbocycles. The van der Waals surface area contributed by atoms with Crippen LogP contribution in [0.15, 0.2) is 59.6 Å². The topological polar surface area (TPSA) is 65.0 Å². The van der Waals surface area contributed by atoms with Gasteiger partial charge in [-0.3, -0.25) is 4.79 Å². The van der Waals surface area contributed by atoms with Crippen LogP contribution in [0.1, 0.15) is 89.5 Å². The molecule has 0 radical (unpaired) electrons. The maximum atomic E-state index is 12.9. The molecule has 4 rings (SSSR count). The highest BCUT2D eigenvalue weighted by molar-refractivity contribution is 6.07. The molecule has 184 valence electrons. The van der Waals surface area contributed by atoms with E-state index >= 15 is 0 Å². The molecule has 0 saturated heterocycles. The number of aliphatic imine (C=N–C) groups is 1. The van der Waals surface area contributed by atoms with Crippen molar-refractivity contribution >= 4 is 23.4 Å². The fourth-order valence-corrected chi connectivity index (χ4v) is 4.48. The molecular formula is C30H35NO4. The van der Waals surface area contributed by atoms with Crippen molar-refractivity contribution in [2.45, 2.75) is 83.8 Å². The number of esters is 2. The largest absolute Gasteiger partial charge is 0.459 e. The number of carbonyl (C=O) groups is 2. The lowest BCUT2D eigenvalue weighted by Crippen LogP contribution is -2.29. The summed E-state index contributed by atoms with van der Waals surface area (Å²) in [5, 5.41) is 0. The Hall–Kier alpha value is -3.21. The van der Waals surface area contributed by atoms with Crippen LogP contribution in [0.2, 0.25) is 0 Å². The SMILES string of the molecule is CC(C)(C)OC(=O)C1C=C(CCC2(C)N=C(c3ccc(C(C)(C)C)cc3)OC2=O)c2ccccc21. The summed E-state index contributed by atoms with van der Waals surface area (Å²) in [4.78, 5) is 30.4. The summed E-state index contributed by atoms with van der Waals surface area (Å²) in [6.07, 6.45) is 3.05. The van der Waals surface area contributed by atoms with E-state index in [-0.39, 0.29) is 17.4 Å². The van der Waals surface area contributed by atoms with Gasteiger partial charge in [-0.15, -0.1) is 0 Å². The second kappa shape index (κ2) is 8.78. The predicted octanol–water partition coefficient (Wildman–Crippen LogP) is 6.35. The minimum Gasteiger partial charge on any atom is -0.459 e. The molecule has 1 aliphatic carbocycles. The Morgan fingerprint density at radius 2 is 1.69 bits per heavy atom. The van der Waals surface area contributed by atoms with Gasteiger partial charge in [-0.2, -0.15) is 0 Å². The molecule has 2 aliphatic rings. The van der Waals surface area contributed by atoms with Crippen molar-refractivity contribution in [3.05, 3.63) is 76.9 Å². The third kappa shape index (κ3) is 5.24. The molecular weight excluding hydrogens is 438 g/mol. The van der Waals surface area contributed by atoms with Crippen LogP contribution in [-0.2, 0) is 24.5 Å². The predicted molar refractivity (Wildman–Crippen MR) is 138 cm³/mol. The van der Waals surface area contributed by atoms with Crippen molar-refractivity contribution in [3.8, 4) is 0 Å². The number of hydrogen-bond donors (Lipinski definition) is 0. The van der Waals surface area contributed by atoms with Gasteiger partial charge in [-0.25, -0.2) is 9.79 Å². The first-order chi connectivity index (χ1) is 16.3. The highest BCUT2D eigenvalue weighted by atomic mass is 16.6. The number of rotatable bonds is 5. The second-order valence-corrected chi connectivity index (χ2v) is 11.7. The molecule has 35 heavy (non-hydrogen) atoms. The Morgan fingerprint density at radius 1 is 1.03 bits per heavy atom. The lowest BCUT2D eigenvalue weighted by molar-refractivity contribution is -0.155. The van der Waals surface area contributed by atoms with E-state index < -0.39 is 17.1 Å². The lowest BCUT2D eigenvalue weighted by Gasteiger charge is -2.22. The molecule has 2 atom stereocenters. The fraction of sp³-hybridized carbons (Fsp3) is 0.433. The first kappa shape index (κ1) is 24.9. The van der Waals surface area contributed by atoms with Crippen molar-refractivity contribution < 1.29 is 19.1 Å². The molecule has 0 bridgehead atoms. The Balaban J connectivity index is 1.53. The first-order valence-corrected chi connectivity index (χ1v) is 12.2. The number of cyclic esters (lactones) is 1. The maximum Gasteiger partial charge on any atom is 0.340 e. The second-order valence-electron chi connectivity index (χ2n) is 11.7. The van der Waals surface area contributed by atoms with Crippen molar-refractivity contribution in [2.75, 3.05) is 0 Å². The van der Waals surface area contributed by atoms with Gasteiger partial charge in [0.05, 0.1) is 0 Å². The van der Waals surface area contributed by atoms with Gasteiger partial charge in [-0.1, -0.05) is 63.2 Å². The van der Waals surface area contributed by atoms with Crippen LogP contribution in [0.3, 0.4) is 0 Å². The molecule has 0 N–H and O–H groups in total. The van der Waals surface area contributed by atoms with E-state index in [4.69, 9.17) is 14.5 Å². The number of hydrogen-bond acceptors (Lipinski definition) is 5. The molecule has 2 unspecified atom stereocenters. The van der Waals surface area contributed by atoms with E-state index in [0.29, 0.717) is 18.7 Å². The Kier molecular flexibility index (Phi) is 6.25. The molecule has 5 heteroatoms. The summed E-state index contributed by atoms with van der Waals surface area (Å²) in [7, 11) is 0. The van der Waals surface area contributed by atoms with Gasteiger partial charge in [0.15, 0.2) is 5.54 Å². The summed E-state index contributed by atoms with van der Waals surface area (Å²) in [6.45, 7) is 13.9. The van der Waals surface area contributed by atoms with Crippen molar-refractivity contribution in [1.29, 1.82) is 0 Å². The van der Waals surface area contributed by atoms with E-state index in [2.05, 4.69) is 32.9 Å². The number of fused-ring (bicyclic) bond motifs is 1. The zero-order valence-electron chi connectivity index (χ0n) is 21.8. The Bertz CT molecular complexity index is 1210. The molecule has 5 nitrogen and oxygen atoms in total. The maximum absolute atomic E-state index is 12.9. The van der Waals surface area contributed by atoms with E-state index in [1.54, 1.807) is 0 Å². The van der Waals surface area contributed by atoms with Crippen LogP contribution in [0.25, 0.3) is 5.57 Å². The number of carbonyl (C=O) groups excluding carboxylic acids is 2. The number of ether oxygens (including phenoxy) is 2. The standard InChI is InChI=1S/C30H35NO4/c1-28(2,3)21-14-12-19(13-15-21)25-31-30(7,27(33)34-25)17-16-20-18-24(26(32)35-29(4,5)6)23-11-9-8-10-22(20)23/h8-15,18,24H,16-17H2,1-7H3. The van der Waals surface area contributed by atoms with Gasteiger partial charge in [-0.05, 0) is 80.3 Å². The molecule has 2 aromatic carbocycles. The molecule has 0 aromatic heterocycles. The van der Waals surface area contributed by atoms with Crippen molar-refractivity contribution in [1.82, 2.24) is 0 Å². The summed E-state index contributed by atoms with van der Waals surface area (Å²) in [5.41, 5.74) is 3.52. The van der Waals surface area contributed by atoms with Gasteiger partial charge in [0, 0.05) is 5.56 Å². The summed E-state index contributed by atoms with van der Waals surface area (Å²) >= 11 is 0. The third-order valence-corrected chi connectivity index (χ3v) is 6.53. The quantitative estimate of drug-likeness (QED) is 0.475. The van der Waals surface area contributed by atoms with Gasteiger partial charge in [0.2, 0.25) is 5.90 Å². The average molecular weight is 474 g/mol. The van der Waals surface area contributed by atoms with Crippen LogP contribution in [0.5, 0.6) is 0 Å². The van der Waals surface area contributed by atoms with Crippen LogP contribution < -0.4 is 0 Å². The summed E-state index contributed by atoms with van der Waals surface area (Å²) in [6, 6.07) is 15.9. The fourth-order valence-electron chi connectivity index (χ4n) is 4.48. The van der Waals surface area contributed by atoms with Crippen molar-refractivity contribution in [3.63, 3.8) is 0 Å². The number of allylic oxidation sites excluding steroid dienone is 1. The van der Waals surface area contributed by atoms with E-state index in [1.165, 1.54) is 5.56 Å². The lowest BCUT2D eigenvalue weighted by atomic mass is 9.87. The van der Waals surface area contributed by atoms with E-state index in [0.717, 1.165) is 22.3 Å². The van der Waals surface area contributed by atoms with Crippen LogP contribution in [0.4, 0.5) is 0 Å². The van der Waals surface area contributed by atoms with Crippen LogP contribution in [-0.4, -0.2) is 29.0 Å². The molecule has 1 aliphatic heterocycles. The molecule has 0 spiro atoms. The first-order valence-electron chi connectivity index (χ1n) is 12.2. The average Bonchev–Trinajstić information content (AvgIpc) is 3.29. The van der Waals surface area contributed by atoms with Crippen LogP contribution >= 0.6 is 0 Å². The number of benzene rings is 2. The minimum atomic E-state index is -0.974. The third-order valence-electron chi connectivity index (χ3n) is 6.53.